The molecule has 1 aliphatic carbocycles. The molecule has 0 aromatic heterocycles. The topological polar surface area (TPSA) is 52.3 Å². The van der Waals surface area contributed by atoms with Gasteiger partial charge in [-0.3, -0.25) is 4.79 Å². The van der Waals surface area contributed by atoms with Gasteiger partial charge in [0.05, 0.1) is 12.6 Å². The molecule has 0 saturated heterocycles. The first-order chi connectivity index (χ1) is 9.44. The number of Topliss-reactive ketones (excluding diaryl/α,β-unsaturated/α-hetero) is 1. The molecule has 1 saturated carbocycles. The van der Waals surface area contributed by atoms with Crippen LogP contribution in [0.2, 0.25) is 0 Å². The van der Waals surface area contributed by atoms with E-state index >= 15 is 0 Å². The molecule has 0 spiro atoms. The first-order valence-electron chi connectivity index (χ1n) is 7.09. The quantitative estimate of drug-likeness (QED) is 0.913. The van der Waals surface area contributed by atoms with Gasteiger partial charge in [0.2, 0.25) is 0 Å². The molecule has 0 radical (unpaired) electrons. The molecular formula is C16H22BrNO2. The van der Waals surface area contributed by atoms with Crippen LogP contribution in [-0.2, 0) is 11.2 Å². The van der Waals surface area contributed by atoms with E-state index in [0.717, 1.165) is 35.0 Å². The molecule has 2 N–H and O–H groups in total. The second kappa shape index (κ2) is 6.27. The lowest BCUT2D eigenvalue weighted by Crippen LogP contribution is -2.51. The second-order valence-corrected chi connectivity index (χ2v) is 6.83. The summed E-state index contributed by atoms with van der Waals surface area (Å²) < 4.78 is 6.28. The average Bonchev–Trinajstić information content (AvgIpc) is 2.38. The molecule has 1 aliphatic rings. The Bertz CT molecular complexity index is 503. The first-order valence-corrected chi connectivity index (χ1v) is 7.88. The third-order valence-corrected chi connectivity index (χ3v) is 4.67. The van der Waals surface area contributed by atoms with Gasteiger partial charge in [-0.25, -0.2) is 0 Å². The molecule has 0 bridgehead atoms. The van der Waals surface area contributed by atoms with E-state index in [1.807, 2.05) is 18.2 Å². The fraction of sp³-hybridized carbons (Fsp3) is 0.562. The Morgan fingerprint density at radius 1 is 1.55 bits per heavy atom. The summed E-state index contributed by atoms with van der Waals surface area (Å²) in [6, 6.07) is 5.72. The van der Waals surface area contributed by atoms with Gasteiger partial charge < -0.3 is 10.5 Å². The van der Waals surface area contributed by atoms with Crippen molar-refractivity contribution >= 4 is 21.7 Å². The van der Waals surface area contributed by atoms with Crippen LogP contribution in [0.5, 0.6) is 5.75 Å². The average molecular weight is 340 g/mol. The summed E-state index contributed by atoms with van der Waals surface area (Å²) in [5, 5.41) is 0. The number of nitrogens with two attached hydrogens (primary N) is 1. The van der Waals surface area contributed by atoms with Gasteiger partial charge in [-0.15, -0.1) is 0 Å². The molecule has 4 heteroatoms. The Hall–Kier alpha value is -0.870. The van der Waals surface area contributed by atoms with Gasteiger partial charge in [0.15, 0.2) is 5.78 Å². The molecule has 0 aliphatic heterocycles. The van der Waals surface area contributed by atoms with Crippen molar-refractivity contribution in [3.05, 3.63) is 28.2 Å². The van der Waals surface area contributed by atoms with Crippen LogP contribution in [0, 0.1) is 5.92 Å². The number of ether oxygens (including phenoxy) is 1. The van der Waals surface area contributed by atoms with E-state index in [0.29, 0.717) is 12.3 Å². The molecule has 1 aromatic carbocycles. The fourth-order valence-electron chi connectivity index (χ4n) is 3.08. The molecule has 0 amide bonds. The van der Waals surface area contributed by atoms with Crippen LogP contribution in [-0.4, -0.2) is 18.4 Å². The molecule has 2 atom stereocenters. The number of rotatable bonds is 4. The Morgan fingerprint density at radius 2 is 2.30 bits per heavy atom. The molecule has 2 rings (SSSR count). The molecule has 1 fully saturated rings. The smallest absolute Gasteiger partial charge is 0.157 e. The summed E-state index contributed by atoms with van der Waals surface area (Å²) in [7, 11) is 1.62. The third kappa shape index (κ3) is 3.41. The van der Waals surface area contributed by atoms with Crippen molar-refractivity contribution in [2.75, 3.05) is 7.11 Å². The molecule has 0 heterocycles. The van der Waals surface area contributed by atoms with Gasteiger partial charge in [0.1, 0.15) is 5.75 Å². The lowest BCUT2D eigenvalue weighted by Gasteiger charge is -2.35. The number of benzene rings is 1. The maximum Gasteiger partial charge on any atom is 0.157 e. The van der Waals surface area contributed by atoms with E-state index in [9.17, 15) is 4.79 Å². The molecule has 1 aromatic rings. The number of ketones is 1. The standard InChI is InChI=1S/C16H22BrNO2/c1-11-4-3-7-16(18,10-11)15(19)9-12-8-13(17)5-6-14(12)20-2/h5-6,8,11H,3-4,7,9-10,18H2,1-2H3. The maximum absolute atomic E-state index is 12.6. The maximum atomic E-state index is 12.6. The minimum atomic E-state index is -0.662. The van der Waals surface area contributed by atoms with E-state index < -0.39 is 5.54 Å². The van der Waals surface area contributed by atoms with Crippen molar-refractivity contribution in [3.8, 4) is 5.75 Å². The minimum absolute atomic E-state index is 0.125. The van der Waals surface area contributed by atoms with E-state index in [-0.39, 0.29) is 5.78 Å². The predicted octanol–water partition coefficient (Wildman–Crippen LogP) is 3.48. The number of halogens is 1. The van der Waals surface area contributed by atoms with Crippen LogP contribution in [0.15, 0.2) is 22.7 Å². The van der Waals surface area contributed by atoms with Crippen molar-refractivity contribution in [1.82, 2.24) is 0 Å². The first kappa shape index (κ1) is 15.5. The summed E-state index contributed by atoms with van der Waals surface area (Å²) in [6.45, 7) is 2.17. The van der Waals surface area contributed by atoms with Crippen molar-refractivity contribution in [2.24, 2.45) is 11.7 Å². The fourth-order valence-corrected chi connectivity index (χ4v) is 3.49. The van der Waals surface area contributed by atoms with Crippen molar-refractivity contribution in [1.29, 1.82) is 0 Å². The number of carbonyl (C=O) groups is 1. The molecule has 2 unspecified atom stereocenters. The van der Waals surface area contributed by atoms with Gasteiger partial charge in [-0.1, -0.05) is 35.7 Å². The highest BCUT2D eigenvalue weighted by Crippen LogP contribution is 2.33. The van der Waals surface area contributed by atoms with Crippen LogP contribution >= 0.6 is 15.9 Å². The monoisotopic (exact) mass is 339 g/mol. The third-order valence-electron chi connectivity index (χ3n) is 4.18. The van der Waals surface area contributed by atoms with E-state index in [1.165, 1.54) is 6.42 Å². The van der Waals surface area contributed by atoms with Crippen LogP contribution in [0.3, 0.4) is 0 Å². The normalized spacial score (nSPS) is 26.3. The van der Waals surface area contributed by atoms with Crippen LogP contribution < -0.4 is 10.5 Å². The molecule has 110 valence electrons. The minimum Gasteiger partial charge on any atom is -0.496 e. The molecule has 3 nitrogen and oxygen atoms in total. The Morgan fingerprint density at radius 3 is 2.95 bits per heavy atom. The number of hydrogen-bond acceptors (Lipinski definition) is 3. The van der Waals surface area contributed by atoms with Crippen molar-refractivity contribution in [2.45, 2.75) is 44.6 Å². The lowest BCUT2D eigenvalue weighted by atomic mass is 9.73. The summed E-state index contributed by atoms with van der Waals surface area (Å²) in [5.41, 5.74) is 6.60. The zero-order chi connectivity index (χ0) is 14.8. The zero-order valence-electron chi connectivity index (χ0n) is 12.1. The predicted molar refractivity (Wildman–Crippen MR) is 84.0 cm³/mol. The Balaban J connectivity index is 2.17. The number of hydrogen-bond donors (Lipinski definition) is 1. The SMILES string of the molecule is COc1ccc(Br)cc1CC(=O)C1(N)CCCC(C)C1. The van der Waals surface area contributed by atoms with Crippen LogP contribution in [0.1, 0.15) is 38.2 Å². The van der Waals surface area contributed by atoms with E-state index in [1.54, 1.807) is 7.11 Å². The zero-order valence-corrected chi connectivity index (χ0v) is 13.7. The van der Waals surface area contributed by atoms with Crippen molar-refractivity contribution < 1.29 is 9.53 Å². The van der Waals surface area contributed by atoms with Gasteiger partial charge in [0.25, 0.3) is 0 Å². The Labute approximate surface area is 129 Å². The second-order valence-electron chi connectivity index (χ2n) is 5.91. The summed E-state index contributed by atoms with van der Waals surface area (Å²) in [5.74, 6) is 1.40. The van der Waals surface area contributed by atoms with Gasteiger partial charge in [-0.05, 0) is 37.0 Å². The number of methoxy groups -OCH3 is 1. The van der Waals surface area contributed by atoms with Gasteiger partial charge in [0, 0.05) is 16.5 Å². The largest absolute Gasteiger partial charge is 0.496 e. The summed E-state index contributed by atoms with van der Waals surface area (Å²) in [4.78, 5) is 12.6. The number of carbonyl (C=O) groups excluding carboxylic acids is 1. The highest BCUT2D eigenvalue weighted by atomic mass is 79.9. The summed E-state index contributed by atoms with van der Waals surface area (Å²) >= 11 is 3.44. The van der Waals surface area contributed by atoms with Crippen LogP contribution in [0.25, 0.3) is 0 Å². The van der Waals surface area contributed by atoms with E-state index in [2.05, 4.69) is 22.9 Å². The van der Waals surface area contributed by atoms with Crippen LogP contribution in [0.4, 0.5) is 0 Å². The lowest BCUT2D eigenvalue weighted by molar-refractivity contribution is -0.125. The van der Waals surface area contributed by atoms with E-state index in [4.69, 9.17) is 10.5 Å². The van der Waals surface area contributed by atoms with Gasteiger partial charge >= 0.3 is 0 Å². The Kier molecular flexibility index (Phi) is 4.86. The van der Waals surface area contributed by atoms with Gasteiger partial charge in [-0.2, -0.15) is 0 Å². The highest BCUT2D eigenvalue weighted by molar-refractivity contribution is 9.10. The molecular weight excluding hydrogens is 318 g/mol. The highest BCUT2D eigenvalue weighted by Gasteiger charge is 2.37. The van der Waals surface area contributed by atoms with Crippen molar-refractivity contribution in [3.63, 3.8) is 0 Å². The summed E-state index contributed by atoms with van der Waals surface area (Å²) in [6.07, 6.45) is 4.14. The molecule has 20 heavy (non-hydrogen) atoms.